The Balaban J connectivity index is 3.19. The topological polar surface area (TPSA) is 55.0 Å². The summed E-state index contributed by atoms with van der Waals surface area (Å²) in [7, 11) is 1.42. The number of rotatable bonds is 1. The van der Waals surface area contributed by atoms with E-state index in [1.54, 1.807) is 0 Å². The molecule has 0 atom stereocenters. The minimum Gasteiger partial charge on any atom is -0.479 e. The van der Waals surface area contributed by atoms with Crippen LogP contribution in [0.25, 0.3) is 0 Å². The highest BCUT2D eigenvalue weighted by Gasteiger charge is 1.99. The van der Waals surface area contributed by atoms with Crippen molar-refractivity contribution in [1.82, 2.24) is 10.2 Å². The van der Waals surface area contributed by atoms with Crippen molar-refractivity contribution >= 4 is 11.6 Å². The van der Waals surface area contributed by atoms with Crippen LogP contribution in [0, 0.1) is 0 Å². The third-order valence-electron chi connectivity index (χ3n) is 0.923. The average molecular weight is 161 g/mol. The van der Waals surface area contributed by atoms with Crippen LogP contribution in [-0.2, 0) is 0 Å². The lowest BCUT2D eigenvalue weighted by Crippen LogP contribution is -2.06. The van der Waals surface area contributed by atoms with Gasteiger partial charge < -0.3 is 4.74 Å². The van der Waals surface area contributed by atoms with E-state index < -0.39 is 0 Å². The first-order chi connectivity index (χ1) is 4.74. The SMILES string of the molecule is COc1n[nH]c(=O)cc1Cl. The van der Waals surface area contributed by atoms with Gasteiger partial charge in [0.1, 0.15) is 5.02 Å². The van der Waals surface area contributed by atoms with Crippen molar-refractivity contribution in [2.45, 2.75) is 0 Å². The maximum absolute atomic E-state index is 10.5. The van der Waals surface area contributed by atoms with Gasteiger partial charge in [-0.25, -0.2) is 5.10 Å². The highest BCUT2D eigenvalue weighted by atomic mass is 35.5. The molecule has 1 aromatic heterocycles. The number of nitrogens with zero attached hydrogens (tertiary/aromatic N) is 1. The van der Waals surface area contributed by atoms with E-state index in [9.17, 15) is 4.79 Å². The molecule has 0 spiro atoms. The van der Waals surface area contributed by atoms with Crippen LogP contribution in [-0.4, -0.2) is 17.3 Å². The molecule has 1 N–H and O–H groups in total. The van der Waals surface area contributed by atoms with Crippen molar-refractivity contribution in [2.24, 2.45) is 0 Å². The normalized spacial score (nSPS) is 9.40. The monoisotopic (exact) mass is 160 g/mol. The second-order valence-corrected chi connectivity index (χ2v) is 2.00. The van der Waals surface area contributed by atoms with Crippen molar-refractivity contribution in [3.8, 4) is 5.88 Å². The molecule has 1 rings (SSSR count). The zero-order chi connectivity index (χ0) is 7.56. The molecule has 0 aliphatic heterocycles. The summed E-state index contributed by atoms with van der Waals surface area (Å²) in [6.45, 7) is 0. The summed E-state index contributed by atoms with van der Waals surface area (Å²) in [5.74, 6) is 0.223. The van der Waals surface area contributed by atoms with Crippen molar-refractivity contribution in [3.63, 3.8) is 0 Å². The number of halogens is 1. The number of methoxy groups -OCH3 is 1. The number of aromatic amines is 1. The van der Waals surface area contributed by atoms with Gasteiger partial charge in [-0.15, -0.1) is 5.10 Å². The average Bonchev–Trinajstić information content (AvgIpc) is 1.88. The lowest BCUT2D eigenvalue weighted by molar-refractivity contribution is 0.391. The van der Waals surface area contributed by atoms with Crippen LogP contribution in [0.4, 0.5) is 0 Å². The van der Waals surface area contributed by atoms with Gasteiger partial charge in [0.2, 0.25) is 5.88 Å². The molecule has 0 aromatic carbocycles. The molecule has 1 heterocycles. The molecule has 0 radical (unpaired) electrons. The van der Waals surface area contributed by atoms with Gasteiger partial charge in [0.25, 0.3) is 5.56 Å². The van der Waals surface area contributed by atoms with Crippen LogP contribution in [0.15, 0.2) is 10.9 Å². The first-order valence-electron chi connectivity index (χ1n) is 2.53. The van der Waals surface area contributed by atoms with E-state index in [0.717, 1.165) is 0 Å². The van der Waals surface area contributed by atoms with E-state index in [1.807, 2.05) is 0 Å². The fraction of sp³-hybridized carbons (Fsp3) is 0.200. The quantitative estimate of drug-likeness (QED) is 0.648. The second kappa shape index (κ2) is 2.70. The number of aromatic nitrogens is 2. The minimum absolute atomic E-state index is 0.214. The van der Waals surface area contributed by atoms with Crippen molar-refractivity contribution < 1.29 is 4.74 Å². The summed E-state index contributed by atoms with van der Waals surface area (Å²) in [5.41, 5.74) is -0.342. The van der Waals surface area contributed by atoms with E-state index in [2.05, 4.69) is 14.9 Å². The molecule has 0 amide bonds. The first-order valence-corrected chi connectivity index (χ1v) is 2.91. The third-order valence-corrected chi connectivity index (χ3v) is 1.19. The fourth-order valence-corrected chi connectivity index (χ4v) is 0.730. The van der Waals surface area contributed by atoms with E-state index in [1.165, 1.54) is 13.2 Å². The maximum atomic E-state index is 10.5. The van der Waals surface area contributed by atoms with Gasteiger partial charge in [0, 0.05) is 6.07 Å². The molecule has 1 aromatic rings. The standard InChI is InChI=1S/C5H5ClN2O2/c1-10-5-3(6)2-4(9)7-8-5/h2H,1H3,(H,7,9). The lowest BCUT2D eigenvalue weighted by atomic mass is 10.5. The summed E-state index contributed by atoms with van der Waals surface area (Å²) in [6, 6.07) is 1.20. The molecule has 5 heteroatoms. The molecule has 10 heavy (non-hydrogen) atoms. The predicted molar refractivity (Wildman–Crippen MR) is 36.4 cm³/mol. The number of nitrogens with one attached hydrogen (secondary N) is 1. The largest absolute Gasteiger partial charge is 0.479 e. The Labute approximate surface area is 61.8 Å². The molecule has 0 saturated heterocycles. The highest BCUT2D eigenvalue weighted by Crippen LogP contribution is 2.15. The molecule has 4 nitrogen and oxygen atoms in total. The van der Waals surface area contributed by atoms with Crippen molar-refractivity contribution in [1.29, 1.82) is 0 Å². The van der Waals surface area contributed by atoms with Crippen molar-refractivity contribution in [2.75, 3.05) is 7.11 Å². The highest BCUT2D eigenvalue weighted by molar-refractivity contribution is 6.31. The number of H-pyrrole nitrogens is 1. The molecule has 0 aliphatic carbocycles. The summed E-state index contributed by atoms with van der Waals surface area (Å²) in [4.78, 5) is 10.5. The van der Waals surface area contributed by atoms with Crippen LogP contribution >= 0.6 is 11.6 Å². The summed E-state index contributed by atoms with van der Waals surface area (Å²) >= 11 is 5.52. The summed E-state index contributed by atoms with van der Waals surface area (Å²) in [5, 5.41) is 5.90. The van der Waals surface area contributed by atoms with Crippen LogP contribution in [0.5, 0.6) is 5.88 Å². The molecular weight excluding hydrogens is 156 g/mol. The zero-order valence-electron chi connectivity index (χ0n) is 5.22. The molecule has 0 bridgehead atoms. The molecule has 0 fully saturated rings. The Bertz CT molecular complexity index is 283. The molecule has 0 unspecified atom stereocenters. The zero-order valence-corrected chi connectivity index (χ0v) is 5.97. The summed E-state index contributed by atoms with van der Waals surface area (Å²) in [6.07, 6.45) is 0. The Morgan fingerprint density at radius 1 is 1.80 bits per heavy atom. The molecular formula is C5H5ClN2O2. The van der Waals surface area contributed by atoms with Gasteiger partial charge in [-0.05, 0) is 0 Å². The molecule has 54 valence electrons. The van der Waals surface area contributed by atoms with Gasteiger partial charge in [-0.3, -0.25) is 4.79 Å². The van der Waals surface area contributed by atoms with Crippen molar-refractivity contribution in [3.05, 3.63) is 21.4 Å². The Kier molecular flexibility index (Phi) is 1.91. The van der Waals surface area contributed by atoms with Crippen LogP contribution < -0.4 is 10.3 Å². The maximum Gasteiger partial charge on any atom is 0.265 e. The number of hydrogen-bond acceptors (Lipinski definition) is 3. The van der Waals surface area contributed by atoms with Gasteiger partial charge in [0.05, 0.1) is 7.11 Å². The molecule has 0 saturated carbocycles. The Morgan fingerprint density at radius 2 is 2.50 bits per heavy atom. The molecule has 0 aliphatic rings. The minimum atomic E-state index is -0.342. The second-order valence-electron chi connectivity index (χ2n) is 1.59. The van der Waals surface area contributed by atoms with Gasteiger partial charge >= 0.3 is 0 Å². The number of hydrogen-bond donors (Lipinski definition) is 1. The van der Waals surface area contributed by atoms with E-state index in [4.69, 9.17) is 11.6 Å². The lowest BCUT2D eigenvalue weighted by Gasteiger charge is -1.96. The van der Waals surface area contributed by atoms with Crippen LogP contribution in [0.2, 0.25) is 5.02 Å². The van der Waals surface area contributed by atoms with E-state index in [-0.39, 0.29) is 16.5 Å². The van der Waals surface area contributed by atoms with E-state index in [0.29, 0.717) is 0 Å². The van der Waals surface area contributed by atoms with Gasteiger partial charge in [0.15, 0.2) is 0 Å². The van der Waals surface area contributed by atoms with Crippen LogP contribution in [0.3, 0.4) is 0 Å². The number of ether oxygens (including phenoxy) is 1. The fourth-order valence-electron chi connectivity index (χ4n) is 0.512. The van der Waals surface area contributed by atoms with Crippen LogP contribution in [0.1, 0.15) is 0 Å². The Hall–Kier alpha value is -1.03. The predicted octanol–water partition coefficient (Wildman–Crippen LogP) is 0.432. The Morgan fingerprint density at radius 3 is 3.00 bits per heavy atom. The van der Waals surface area contributed by atoms with E-state index >= 15 is 0 Å². The first kappa shape index (κ1) is 7.08. The third kappa shape index (κ3) is 1.27. The smallest absolute Gasteiger partial charge is 0.265 e. The van der Waals surface area contributed by atoms with Gasteiger partial charge in [-0.2, -0.15) is 0 Å². The van der Waals surface area contributed by atoms with Gasteiger partial charge in [-0.1, -0.05) is 11.6 Å². The summed E-state index contributed by atoms with van der Waals surface area (Å²) < 4.78 is 4.69.